The molecule has 0 N–H and O–H groups in total. The van der Waals surface area contributed by atoms with E-state index < -0.39 is 0 Å². The number of carbonyl (C=O) groups excluding carboxylic acids is 1. The minimum absolute atomic E-state index is 0.180. The quantitative estimate of drug-likeness (QED) is 0.270. The monoisotopic (exact) mass is 398 g/mol. The van der Waals surface area contributed by atoms with Gasteiger partial charge in [0.25, 0.3) is 0 Å². The fraction of sp³-hybridized carbons (Fsp3) is 0.577. The molecule has 29 heavy (non-hydrogen) atoms. The molecule has 0 aliphatic heterocycles. The number of allylic oxidation sites excluding steroid dienone is 1. The van der Waals surface area contributed by atoms with Gasteiger partial charge in [0.2, 0.25) is 0 Å². The molecule has 0 unspecified atom stereocenters. The Labute approximate surface area is 176 Å². The first-order valence-corrected chi connectivity index (χ1v) is 10.9. The molecule has 3 nitrogen and oxygen atoms in total. The van der Waals surface area contributed by atoms with Gasteiger partial charge in [-0.15, -0.1) is 0 Å². The van der Waals surface area contributed by atoms with E-state index in [2.05, 4.69) is 66.7 Å². The molecule has 0 atom stereocenters. The molecule has 160 valence electrons. The lowest BCUT2D eigenvalue weighted by atomic mass is 9.78. The van der Waals surface area contributed by atoms with Crippen molar-refractivity contribution < 1.29 is 13.9 Å². The first-order valence-electron chi connectivity index (χ1n) is 10.9. The molecule has 1 aromatic heterocycles. The van der Waals surface area contributed by atoms with Crippen LogP contribution in [0.25, 0.3) is 17.0 Å². The zero-order valence-electron chi connectivity index (χ0n) is 19.6. The minimum atomic E-state index is -0.295. The summed E-state index contributed by atoms with van der Waals surface area (Å²) in [5.74, 6) is 1.23. The van der Waals surface area contributed by atoms with Crippen LogP contribution in [-0.2, 0) is 15.6 Å². The average Bonchev–Trinajstić information content (AvgIpc) is 2.96. The Morgan fingerprint density at radius 3 is 2.28 bits per heavy atom. The number of fused-ring (bicyclic) bond motifs is 1. The maximum absolute atomic E-state index is 11.9. The molecule has 0 aliphatic carbocycles. The van der Waals surface area contributed by atoms with E-state index >= 15 is 0 Å². The molecule has 0 saturated heterocycles. The highest BCUT2D eigenvalue weighted by molar-refractivity contribution is 5.89. The average molecular weight is 399 g/mol. The van der Waals surface area contributed by atoms with Crippen LogP contribution in [0.3, 0.4) is 0 Å². The third-order valence-corrected chi connectivity index (χ3v) is 5.11. The summed E-state index contributed by atoms with van der Waals surface area (Å²) < 4.78 is 12.0. The van der Waals surface area contributed by atoms with Crippen LogP contribution in [0.1, 0.15) is 104 Å². The first kappa shape index (κ1) is 23.3. The molecule has 1 heterocycles. The van der Waals surface area contributed by atoms with E-state index in [1.54, 1.807) is 0 Å². The summed E-state index contributed by atoms with van der Waals surface area (Å²) in [4.78, 5) is 11.9. The highest BCUT2D eigenvalue weighted by atomic mass is 16.5. The Morgan fingerprint density at radius 2 is 1.72 bits per heavy atom. The Balaban J connectivity index is 2.56. The SMILES string of the molecule is CCCCCCC=Cc1cc2c(C(C)(C)C)c(OC(C)=O)c(C(C)(C)C)cc2o1. The minimum Gasteiger partial charge on any atom is -0.457 e. The zero-order valence-corrected chi connectivity index (χ0v) is 19.6. The number of esters is 1. The van der Waals surface area contributed by atoms with Gasteiger partial charge in [-0.1, -0.05) is 73.8 Å². The van der Waals surface area contributed by atoms with Gasteiger partial charge in [0.1, 0.15) is 17.1 Å². The molecule has 3 heteroatoms. The van der Waals surface area contributed by atoms with Crippen LogP contribution in [0.15, 0.2) is 22.6 Å². The summed E-state index contributed by atoms with van der Waals surface area (Å²) >= 11 is 0. The molecule has 2 rings (SSSR count). The lowest BCUT2D eigenvalue weighted by Gasteiger charge is -2.29. The van der Waals surface area contributed by atoms with Crippen LogP contribution >= 0.6 is 0 Å². The predicted octanol–water partition coefficient (Wildman–Crippen LogP) is 7.94. The summed E-state index contributed by atoms with van der Waals surface area (Å²) in [5, 5.41) is 1.02. The zero-order chi connectivity index (χ0) is 21.8. The maximum Gasteiger partial charge on any atom is 0.308 e. The number of unbranched alkanes of at least 4 members (excludes halogenated alkanes) is 4. The first-order chi connectivity index (χ1) is 13.4. The van der Waals surface area contributed by atoms with Gasteiger partial charge in [0, 0.05) is 23.4 Å². The third-order valence-electron chi connectivity index (χ3n) is 5.11. The Morgan fingerprint density at radius 1 is 1.03 bits per heavy atom. The van der Waals surface area contributed by atoms with E-state index in [0.717, 1.165) is 34.3 Å². The Bertz CT molecular complexity index is 870. The van der Waals surface area contributed by atoms with Crippen LogP contribution in [0, 0.1) is 0 Å². The van der Waals surface area contributed by atoms with Gasteiger partial charge >= 0.3 is 5.97 Å². The molecule has 1 aromatic carbocycles. The number of benzene rings is 1. The van der Waals surface area contributed by atoms with E-state index in [0.29, 0.717) is 5.75 Å². The predicted molar refractivity (Wildman–Crippen MR) is 123 cm³/mol. The second kappa shape index (κ2) is 9.19. The van der Waals surface area contributed by atoms with Crippen molar-refractivity contribution in [3.05, 3.63) is 35.1 Å². The lowest BCUT2D eigenvalue weighted by molar-refractivity contribution is -0.132. The van der Waals surface area contributed by atoms with Gasteiger partial charge in [-0.2, -0.15) is 0 Å². The van der Waals surface area contributed by atoms with Crippen LogP contribution in [0.5, 0.6) is 5.75 Å². The number of furan rings is 1. The fourth-order valence-electron chi connectivity index (χ4n) is 3.70. The second-order valence-electron chi connectivity index (χ2n) is 10.0. The van der Waals surface area contributed by atoms with Crippen molar-refractivity contribution in [3.8, 4) is 5.75 Å². The number of carbonyl (C=O) groups is 1. The van der Waals surface area contributed by atoms with Crippen molar-refractivity contribution in [2.45, 2.75) is 98.3 Å². The van der Waals surface area contributed by atoms with Crippen LogP contribution in [0.4, 0.5) is 0 Å². The van der Waals surface area contributed by atoms with E-state index in [1.165, 1.54) is 32.6 Å². The molecule has 2 aromatic rings. The van der Waals surface area contributed by atoms with Gasteiger partial charge in [0.15, 0.2) is 0 Å². The highest BCUT2D eigenvalue weighted by Gasteiger charge is 2.31. The molecule has 0 radical (unpaired) electrons. The van der Waals surface area contributed by atoms with E-state index in [1.807, 2.05) is 6.07 Å². The summed E-state index contributed by atoms with van der Waals surface area (Å²) in [6.45, 7) is 16.5. The summed E-state index contributed by atoms with van der Waals surface area (Å²) in [6, 6.07) is 4.12. The van der Waals surface area contributed by atoms with Crippen molar-refractivity contribution in [2.24, 2.45) is 0 Å². The highest BCUT2D eigenvalue weighted by Crippen LogP contribution is 2.45. The Kier molecular flexibility index (Phi) is 7.37. The lowest BCUT2D eigenvalue weighted by Crippen LogP contribution is -2.21. The molecular formula is C26H38O3. The number of rotatable bonds is 7. The number of hydrogen-bond acceptors (Lipinski definition) is 3. The maximum atomic E-state index is 11.9. The molecule has 0 aliphatic rings. The second-order valence-corrected chi connectivity index (χ2v) is 10.0. The summed E-state index contributed by atoms with van der Waals surface area (Å²) in [7, 11) is 0. The smallest absolute Gasteiger partial charge is 0.308 e. The van der Waals surface area contributed by atoms with Gasteiger partial charge < -0.3 is 9.15 Å². The van der Waals surface area contributed by atoms with Crippen LogP contribution in [-0.4, -0.2) is 5.97 Å². The molecule has 0 saturated carbocycles. The Hall–Kier alpha value is -2.03. The van der Waals surface area contributed by atoms with Crippen molar-refractivity contribution in [3.63, 3.8) is 0 Å². The number of ether oxygens (including phenoxy) is 1. The normalized spacial score (nSPS) is 12.8. The topological polar surface area (TPSA) is 39.4 Å². The molecular weight excluding hydrogens is 360 g/mol. The number of hydrogen-bond donors (Lipinski definition) is 0. The molecule has 0 spiro atoms. The van der Waals surface area contributed by atoms with Crippen molar-refractivity contribution in [1.82, 2.24) is 0 Å². The molecule has 0 amide bonds. The van der Waals surface area contributed by atoms with Crippen molar-refractivity contribution in [2.75, 3.05) is 0 Å². The van der Waals surface area contributed by atoms with Gasteiger partial charge in [0.05, 0.1) is 0 Å². The fourth-order valence-corrected chi connectivity index (χ4v) is 3.70. The van der Waals surface area contributed by atoms with Crippen molar-refractivity contribution in [1.29, 1.82) is 0 Å². The van der Waals surface area contributed by atoms with E-state index in [-0.39, 0.29) is 16.8 Å². The van der Waals surface area contributed by atoms with E-state index in [9.17, 15) is 4.79 Å². The van der Waals surface area contributed by atoms with Crippen LogP contribution in [0.2, 0.25) is 0 Å². The molecule has 0 fully saturated rings. The van der Waals surface area contributed by atoms with Gasteiger partial charge in [-0.05, 0) is 41.9 Å². The standard InChI is InChI=1S/C26H38O3/c1-9-10-11-12-13-14-15-19-16-20-22(29-19)17-21(25(3,4)5)24(28-18(2)27)23(20)26(6,7)8/h14-17H,9-13H2,1-8H3. The van der Waals surface area contributed by atoms with Crippen molar-refractivity contribution >= 4 is 23.0 Å². The molecule has 0 bridgehead atoms. The van der Waals surface area contributed by atoms with E-state index in [4.69, 9.17) is 9.15 Å². The summed E-state index contributed by atoms with van der Waals surface area (Å²) in [5.41, 5.74) is 2.49. The van der Waals surface area contributed by atoms with Gasteiger partial charge in [-0.3, -0.25) is 4.79 Å². The summed E-state index contributed by atoms with van der Waals surface area (Å²) in [6.07, 6.45) is 10.4. The van der Waals surface area contributed by atoms with Gasteiger partial charge in [-0.25, -0.2) is 0 Å². The largest absolute Gasteiger partial charge is 0.457 e. The van der Waals surface area contributed by atoms with Crippen LogP contribution < -0.4 is 4.74 Å². The third kappa shape index (κ3) is 5.98.